The highest BCUT2D eigenvalue weighted by atomic mass is 127. The van der Waals surface area contributed by atoms with Gasteiger partial charge in [-0.05, 0) is 40.6 Å². The van der Waals surface area contributed by atoms with Crippen molar-refractivity contribution in [2.75, 3.05) is 7.11 Å². The molecule has 0 aliphatic heterocycles. The van der Waals surface area contributed by atoms with Gasteiger partial charge in [-0.3, -0.25) is 0 Å². The second-order valence-corrected chi connectivity index (χ2v) is 3.80. The van der Waals surface area contributed by atoms with Gasteiger partial charge in [-0.15, -0.1) is 0 Å². The summed E-state index contributed by atoms with van der Waals surface area (Å²) in [5, 5.41) is 0. The second kappa shape index (κ2) is 5.21. The van der Waals surface area contributed by atoms with Crippen LogP contribution in [0.4, 0.5) is 0 Å². The number of hydrogen-bond donors (Lipinski definition) is 0. The summed E-state index contributed by atoms with van der Waals surface area (Å²) in [6.07, 6.45) is 2.24. The van der Waals surface area contributed by atoms with Crippen LogP contribution >= 0.6 is 22.6 Å². The predicted molar refractivity (Wildman–Crippen MR) is 60.1 cm³/mol. The summed E-state index contributed by atoms with van der Waals surface area (Å²) in [4.78, 5) is 10.2. The van der Waals surface area contributed by atoms with Gasteiger partial charge in [0.1, 0.15) is 12.0 Å². The highest BCUT2D eigenvalue weighted by Crippen LogP contribution is 2.25. The Labute approximate surface area is 91.4 Å². The molecule has 0 aliphatic rings. The zero-order valence-electron chi connectivity index (χ0n) is 7.42. The third-order valence-corrected chi connectivity index (χ3v) is 2.63. The molecule has 0 aliphatic carbocycles. The second-order valence-electron chi connectivity index (χ2n) is 2.64. The van der Waals surface area contributed by atoms with Gasteiger partial charge in [-0.2, -0.15) is 0 Å². The van der Waals surface area contributed by atoms with Crippen molar-refractivity contribution in [2.45, 2.75) is 12.8 Å². The number of para-hydroxylation sites is 1. The first-order valence-corrected chi connectivity index (χ1v) is 5.12. The lowest BCUT2D eigenvalue weighted by atomic mass is 10.1. The van der Waals surface area contributed by atoms with Gasteiger partial charge in [-0.25, -0.2) is 0 Å². The number of hydrogen-bond acceptors (Lipinski definition) is 2. The van der Waals surface area contributed by atoms with E-state index in [1.807, 2.05) is 18.2 Å². The van der Waals surface area contributed by atoms with E-state index in [9.17, 15) is 4.79 Å². The number of benzene rings is 1. The van der Waals surface area contributed by atoms with Crippen LogP contribution in [0.5, 0.6) is 5.75 Å². The summed E-state index contributed by atoms with van der Waals surface area (Å²) in [6, 6.07) is 5.96. The molecule has 0 saturated heterocycles. The molecule has 0 heterocycles. The molecular formula is C10H11IO2. The molecule has 0 radical (unpaired) electrons. The molecule has 0 spiro atoms. The Balaban J connectivity index is 2.91. The third kappa shape index (κ3) is 2.69. The zero-order chi connectivity index (χ0) is 9.68. The van der Waals surface area contributed by atoms with Gasteiger partial charge in [0.2, 0.25) is 0 Å². The first-order valence-electron chi connectivity index (χ1n) is 4.04. The van der Waals surface area contributed by atoms with Crippen LogP contribution in [0.2, 0.25) is 0 Å². The smallest absolute Gasteiger partial charge is 0.135 e. The Morgan fingerprint density at radius 1 is 1.54 bits per heavy atom. The molecule has 0 saturated carbocycles. The van der Waals surface area contributed by atoms with Crippen LogP contribution < -0.4 is 4.74 Å². The van der Waals surface area contributed by atoms with Crippen molar-refractivity contribution in [1.82, 2.24) is 0 Å². The molecule has 13 heavy (non-hydrogen) atoms. The summed E-state index contributed by atoms with van der Waals surface area (Å²) in [7, 11) is 1.65. The van der Waals surface area contributed by atoms with E-state index < -0.39 is 0 Å². The fraction of sp³-hybridized carbons (Fsp3) is 0.300. The van der Waals surface area contributed by atoms with Crippen molar-refractivity contribution in [2.24, 2.45) is 0 Å². The maximum absolute atomic E-state index is 10.2. The molecule has 2 nitrogen and oxygen atoms in total. The van der Waals surface area contributed by atoms with Crippen LogP contribution in [-0.2, 0) is 11.2 Å². The van der Waals surface area contributed by atoms with Crippen LogP contribution in [0.15, 0.2) is 18.2 Å². The number of carbonyl (C=O) groups is 1. The van der Waals surface area contributed by atoms with Gasteiger partial charge in [-0.1, -0.05) is 12.1 Å². The largest absolute Gasteiger partial charge is 0.495 e. The van der Waals surface area contributed by atoms with E-state index in [1.54, 1.807) is 7.11 Å². The third-order valence-electron chi connectivity index (χ3n) is 1.78. The van der Waals surface area contributed by atoms with Gasteiger partial charge in [0.25, 0.3) is 0 Å². The normalized spacial score (nSPS) is 9.69. The zero-order valence-corrected chi connectivity index (χ0v) is 9.58. The minimum absolute atomic E-state index is 0.552. The summed E-state index contributed by atoms with van der Waals surface area (Å²) in [5.74, 6) is 0.893. The first kappa shape index (κ1) is 10.5. The molecule has 0 amide bonds. The van der Waals surface area contributed by atoms with E-state index >= 15 is 0 Å². The van der Waals surface area contributed by atoms with E-state index in [0.717, 1.165) is 27.6 Å². The van der Waals surface area contributed by atoms with Crippen molar-refractivity contribution >= 4 is 28.9 Å². The van der Waals surface area contributed by atoms with E-state index in [1.165, 1.54) is 0 Å². The van der Waals surface area contributed by atoms with E-state index in [0.29, 0.717) is 6.42 Å². The van der Waals surface area contributed by atoms with Crippen molar-refractivity contribution in [3.8, 4) is 5.75 Å². The quantitative estimate of drug-likeness (QED) is 0.629. The predicted octanol–water partition coefficient (Wildman–Crippen LogP) is 2.43. The molecule has 0 bridgehead atoms. The summed E-state index contributed by atoms with van der Waals surface area (Å²) >= 11 is 2.22. The summed E-state index contributed by atoms with van der Waals surface area (Å²) in [5.41, 5.74) is 1.10. The van der Waals surface area contributed by atoms with Gasteiger partial charge in [0.15, 0.2) is 0 Å². The lowest BCUT2D eigenvalue weighted by Crippen LogP contribution is -1.95. The van der Waals surface area contributed by atoms with Gasteiger partial charge < -0.3 is 9.53 Å². The molecule has 0 fully saturated rings. The van der Waals surface area contributed by atoms with Crippen molar-refractivity contribution in [3.05, 3.63) is 27.3 Å². The summed E-state index contributed by atoms with van der Waals surface area (Å²) < 4.78 is 6.34. The summed E-state index contributed by atoms with van der Waals surface area (Å²) in [6.45, 7) is 0. The molecule has 3 heteroatoms. The SMILES string of the molecule is COc1c(I)cccc1CCC=O. The molecule has 1 aromatic carbocycles. The van der Waals surface area contributed by atoms with Gasteiger partial charge in [0, 0.05) is 6.42 Å². The molecule has 0 aromatic heterocycles. The number of rotatable bonds is 4. The number of carbonyl (C=O) groups excluding carboxylic acids is 1. The number of methoxy groups -OCH3 is 1. The van der Waals surface area contributed by atoms with Crippen molar-refractivity contribution in [1.29, 1.82) is 0 Å². The maximum Gasteiger partial charge on any atom is 0.135 e. The topological polar surface area (TPSA) is 26.3 Å². The average Bonchev–Trinajstić information content (AvgIpc) is 2.15. The Kier molecular flexibility index (Phi) is 4.21. The van der Waals surface area contributed by atoms with Crippen LogP contribution in [0.3, 0.4) is 0 Å². The van der Waals surface area contributed by atoms with Crippen molar-refractivity contribution in [3.63, 3.8) is 0 Å². The highest BCUT2D eigenvalue weighted by molar-refractivity contribution is 14.1. The molecule has 0 unspecified atom stereocenters. The number of aldehydes is 1. The van der Waals surface area contributed by atoms with E-state index in [-0.39, 0.29) is 0 Å². The van der Waals surface area contributed by atoms with Crippen LogP contribution in [-0.4, -0.2) is 13.4 Å². The van der Waals surface area contributed by atoms with E-state index in [2.05, 4.69) is 22.6 Å². The maximum atomic E-state index is 10.2. The number of halogens is 1. The van der Waals surface area contributed by atoms with Crippen LogP contribution in [0, 0.1) is 3.57 Å². The van der Waals surface area contributed by atoms with Crippen LogP contribution in [0.25, 0.3) is 0 Å². The molecule has 0 N–H and O–H groups in total. The lowest BCUT2D eigenvalue weighted by molar-refractivity contribution is -0.107. The van der Waals surface area contributed by atoms with Gasteiger partial charge in [0.05, 0.1) is 10.7 Å². The molecule has 1 rings (SSSR count). The van der Waals surface area contributed by atoms with Crippen molar-refractivity contribution < 1.29 is 9.53 Å². The Morgan fingerprint density at radius 2 is 2.31 bits per heavy atom. The monoisotopic (exact) mass is 290 g/mol. The Morgan fingerprint density at radius 3 is 2.92 bits per heavy atom. The fourth-order valence-electron chi connectivity index (χ4n) is 1.19. The molecule has 70 valence electrons. The Hall–Kier alpha value is -0.580. The van der Waals surface area contributed by atoms with E-state index in [4.69, 9.17) is 4.74 Å². The molecule has 1 aromatic rings. The minimum atomic E-state index is 0.552. The minimum Gasteiger partial charge on any atom is -0.495 e. The standard InChI is InChI=1S/C10H11IO2/c1-13-10-8(5-3-7-12)4-2-6-9(10)11/h2,4,6-7H,3,5H2,1H3. The first-order chi connectivity index (χ1) is 6.29. The number of ether oxygens (including phenoxy) is 1. The number of aryl methyl sites for hydroxylation is 1. The lowest BCUT2D eigenvalue weighted by Gasteiger charge is -2.08. The average molecular weight is 290 g/mol. The molecular weight excluding hydrogens is 279 g/mol. The fourth-order valence-corrected chi connectivity index (χ4v) is 1.97. The highest BCUT2D eigenvalue weighted by Gasteiger charge is 2.05. The molecule has 0 atom stereocenters. The Bertz CT molecular complexity index is 297. The van der Waals surface area contributed by atoms with Crippen LogP contribution in [0.1, 0.15) is 12.0 Å². The van der Waals surface area contributed by atoms with Gasteiger partial charge >= 0.3 is 0 Å².